The van der Waals surface area contributed by atoms with Crippen molar-refractivity contribution in [3.05, 3.63) is 29.9 Å². The first-order chi connectivity index (χ1) is 6.59. The maximum atomic E-state index is 10.6. The van der Waals surface area contributed by atoms with Crippen LogP contribution in [0.5, 0.6) is 0 Å². The quantitative estimate of drug-likeness (QED) is 0.700. The Labute approximate surface area is 80.0 Å². The molecule has 5 heteroatoms. The van der Waals surface area contributed by atoms with Crippen LogP contribution in [0.2, 0.25) is 0 Å². The molecule has 0 aliphatic carbocycles. The lowest BCUT2D eigenvalue weighted by molar-refractivity contribution is -0.134. The molecule has 0 atom stereocenters. The largest absolute Gasteiger partial charge is 0.477 e. The summed E-state index contributed by atoms with van der Waals surface area (Å²) < 4.78 is 4.75. The predicted octanol–water partition coefficient (Wildman–Crippen LogP) is 0.841. The van der Waals surface area contributed by atoms with Gasteiger partial charge in [0.25, 0.3) is 0 Å². The number of nitrogens with one attached hydrogen (secondary N) is 1. The normalized spacial score (nSPS) is 11.1. The van der Waals surface area contributed by atoms with Crippen molar-refractivity contribution in [3.8, 4) is 0 Å². The van der Waals surface area contributed by atoms with E-state index in [-0.39, 0.29) is 5.70 Å². The summed E-state index contributed by atoms with van der Waals surface area (Å²) in [5.41, 5.74) is 0.398. The highest BCUT2D eigenvalue weighted by molar-refractivity contribution is 5.96. The van der Waals surface area contributed by atoms with Crippen molar-refractivity contribution in [1.29, 1.82) is 0 Å². The zero-order valence-corrected chi connectivity index (χ0v) is 7.48. The second-order valence-corrected chi connectivity index (χ2v) is 2.60. The standard InChI is InChI=1S/C9H9NO4/c1-6(11)10-8(9(12)13)4-7-2-3-14-5-7/h2-5H,1H3,(H,10,11)(H,12,13)/b8-4+. The van der Waals surface area contributed by atoms with Crippen molar-refractivity contribution in [2.75, 3.05) is 0 Å². The summed E-state index contributed by atoms with van der Waals surface area (Å²) in [6, 6.07) is 1.59. The maximum absolute atomic E-state index is 10.6. The molecule has 2 N–H and O–H groups in total. The molecule has 0 fully saturated rings. The van der Waals surface area contributed by atoms with Crippen molar-refractivity contribution >= 4 is 18.0 Å². The highest BCUT2D eigenvalue weighted by Gasteiger charge is 2.08. The Balaban J connectivity index is 2.88. The average Bonchev–Trinajstić information content (AvgIpc) is 2.54. The minimum absolute atomic E-state index is 0.182. The van der Waals surface area contributed by atoms with E-state index in [1.165, 1.54) is 25.5 Å². The molecule has 74 valence electrons. The van der Waals surface area contributed by atoms with E-state index in [2.05, 4.69) is 5.32 Å². The van der Waals surface area contributed by atoms with Crippen LogP contribution in [0.25, 0.3) is 6.08 Å². The monoisotopic (exact) mass is 195 g/mol. The van der Waals surface area contributed by atoms with E-state index in [1.807, 2.05) is 0 Å². The number of furan rings is 1. The molecule has 0 saturated heterocycles. The predicted molar refractivity (Wildman–Crippen MR) is 48.1 cm³/mol. The van der Waals surface area contributed by atoms with Gasteiger partial charge in [-0.15, -0.1) is 0 Å². The van der Waals surface area contributed by atoms with Gasteiger partial charge in [0, 0.05) is 12.5 Å². The Morgan fingerprint density at radius 1 is 1.57 bits per heavy atom. The first-order valence-corrected chi connectivity index (χ1v) is 3.84. The van der Waals surface area contributed by atoms with Crippen molar-refractivity contribution in [1.82, 2.24) is 5.32 Å². The van der Waals surface area contributed by atoms with Crippen molar-refractivity contribution < 1.29 is 19.1 Å². The fraction of sp³-hybridized carbons (Fsp3) is 0.111. The number of rotatable bonds is 3. The summed E-state index contributed by atoms with van der Waals surface area (Å²) in [6.07, 6.45) is 4.11. The summed E-state index contributed by atoms with van der Waals surface area (Å²) in [6.45, 7) is 1.24. The number of amides is 1. The van der Waals surface area contributed by atoms with Crippen LogP contribution in [-0.4, -0.2) is 17.0 Å². The number of carbonyl (C=O) groups excluding carboxylic acids is 1. The summed E-state index contributed by atoms with van der Waals surface area (Å²) in [7, 11) is 0. The van der Waals surface area contributed by atoms with Crippen LogP contribution in [0.4, 0.5) is 0 Å². The Hall–Kier alpha value is -2.04. The van der Waals surface area contributed by atoms with Crippen LogP contribution in [0.3, 0.4) is 0 Å². The van der Waals surface area contributed by atoms with Gasteiger partial charge in [0.1, 0.15) is 5.70 Å². The number of carboxylic acid groups (broad SMARTS) is 1. The molecule has 1 aromatic rings. The summed E-state index contributed by atoms with van der Waals surface area (Å²) in [5, 5.41) is 10.9. The zero-order chi connectivity index (χ0) is 10.6. The molecule has 0 saturated carbocycles. The smallest absolute Gasteiger partial charge is 0.352 e. The molecule has 1 aromatic heterocycles. The lowest BCUT2D eigenvalue weighted by atomic mass is 10.2. The van der Waals surface area contributed by atoms with Crippen LogP contribution < -0.4 is 5.32 Å². The van der Waals surface area contributed by atoms with Crippen LogP contribution in [-0.2, 0) is 9.59 Å². The van der Waals surface area contributed by atoms with Crippen LogP contribution in [0.1, 0.15) is 12.5 Å². The molecule has 0 spiro atoms. The SMILES string of the molecule is CC(=O)N/C(=C/c1ccoc1)C(=O)O. The first-order valence-electron chi connectivity index (χ1n) is 3.84. The third-order valence-electron chi connectivity index (χ3n) is 1.40. The second kappa shape index (κ2) is 4.27. The minimum atomic E-state index is -1.19. The van der Waals surface area contributed by atoms with Crippen LogP contribution in [0.15, 0.2) is 28.7 Å². The minimum Gasteiger partial charge on any atom is -0.477 e. The van der Waals surface area contributed by atoms with E-state index in [0.717, 1.165) is 0 Å². The molecule has 1 amide bonds. The number of hydrogen-bond donors (Lipinski definition) is 2. The van der Waals surface area contributed by atoms with Gasteiger partial charge in [0.15, 0.2) is 0 Å². The highest BCUT2D eigenvalue weighted by atomic mass is 16.4. The molecule has 0 aromatic carbocycles. The molecule has 0 bridgehead atoms. The Morgan fingerprint density at radius 2 is 2.29 bits per heavy atom. The second-order valence-electron chi connectivity index (χ2n) is 2.60. The Morgan fingerprint density at radius 3 is 2.71 bits per heavy atom. The molecule has 0 aliphatic rings. The molecule has 5 nitrogen and oxygen atoms in total. The molecule has 0 unspecified atom stereocenters. The Kier molecular flexibility index (Phi) is 3.06. The first kappa shape index (κ1) is 10.0. The number of carboxylic acids is 1. The van der Waals surface area contributed by atoms with E-state index >= 15 is 0 Å². The highest BCUT2D eigenvalue weighted by Crippen LogP contribution is 2.05. The molecular weight excluding hydrogens is 186 g/mol. The fourth-order valence-corrected chi connectivity index (χ4v) is 0.865. The molecule has 0 aliphatic heterocycles. The van der Waals surface area contributed by atoms with Gasteiger partial charge in [0.2, 0.25) is 5.91 Å². The third-order valence-corrected chi connectivity index (χ3v) is 1.40. The van der Waals surface area contributed by atoms with Crippen molar-refractivity contribution in [2.45, 2.75) is 6.92 Å². The molecule has 1 heterocycles. The summed E-state index contributed by atoms with van der Waals surface area (Å²) >= 11 is 0. The van der Waals surface area contributed by atoms with E-state index in [0.29, 0.717) is 5.56 Å². The van der Waals surface area contributed by atoms with Crippen LogP contribution in [0, 0.1) is 0 Å². The van der Waals surface area contributed by atoms with E-state index in [4.69, 9.17) is 9.52 Å². The van der Waals surface area contributed by atoms with Gasteiger partial charge in [0.05, 0.1) is 12.5 Å². The lowest BCUT2D eigenvalue weighted by Gasteiger charge is -2.00. The van der Waals surface area contributed by atoms with Crippen molar-refractivity contribution in [2.24, 2.45) is 0 Å². The molecule has 0 radical (unpaired) electrons. The van der Waals surface area contributed by atoms with Gasteiger partial charge < -0.3 is 14.8 Å². The fourth-order valence-electron chi connectivity index (χ4n) is 0.865. The van der Waals surface area contributed by atoms with E-state index in [9.17, 15) is 9.59 Å². The van der Waals surface area contributed by atoms with Gasteiger partial charge in [-0.25, -0.2) is 4.79 Å². The average molecular weight is 195 g/mol. The van der Waals surface area contributed by atoms with E-state index in [1.54, 1.807) is 6.07 Å². The maximum Gasteiger partial charge on any atom is 0.352 e. The summed E-state index contributed by atoms with van der Waals surface area (Å²) in [4.78, 5) is 21.3. The number of hydrogen-bond acceptors (Lipinski definition) is 3. The van der Waals surface area contributed by atoms with Gasteiger partial charge in [-0.1, -0.05) is 0 Å². The van der Waals surface area contributed by atoms with Gasteiger partial charge in [-0.2, -0.15) is 0 Å². The van der Waals surface area contributed by atoms with Gasteiger partial charge >= 0.3 is 5.97 Å². The Bertz CT molecular complexity index is 364. The number of carbonyl (C=O) groups is 2. The zero-order valence-electron chi connectivity index (χ0n) is 7.48. The third kappa shape index (κ3) is 2.78. The van der Waals surface area contributed by atoms with E-state index < -0.39 is 11.9 Å². The molecule has 14 heavy (non-hydrogen) atoms. The topological polar surface area (TPSA) is 79.5 Å². The van der Waals surface area contributed by atoms with Crippen LogP contribution >= 0.6 is 0 Å². The molecular formula is C9H9NO4. The summed E-state index contributed by atoms with van der Waals surface area (Å²) in [5.74, 6) is -1.62. The number of aliphatic carboxylic acids is 1. The van der Waals surface area contributed by atoms with Gasteiger partial charge in [-0.05, 0) is 12.1 Å². The van der Waals surface area contributed by atoms with Gasteiger partial charge in [-0.3, -0.25) is 4.79 Å². The lowest BCUT2D eigenvalue weighted by Crippen LogP contribution is -2.24. The van der Waals surface area contributed by atoms with Crippen molar-refractivity contribution in [3.63, 3.8) is 0 Å². The molecule has 1 rings (SSSR count).